The molecule has 0 saturated carbocycles. The Labute approximate surface area is 130 Å². The summed E-state index contributed by atoms with van der Waals surface area (Å²) >= 11 is 5.66. The van der Waals surface area contributed by atoms with E-state index in [0.717, 1.165) is 39.5 Å². The number of hydrogen-bond donors (Lipinski definition) is 1. The van der Waals surface area contributed by atoms with E-state index in [0.29, 0.717) is 6.04 Å². The second-order valence-corrected chi connectivity index (χ2v) is 6.55. The molecule has 18 heavy (non-hydrogen) atoms. The quantitative estimate of drug-likeness (QED) is 0.759. The van der Waals surface area contributed by atoms with Crippen LogP contribution in [-0.4, -0.2) is 37.0 Å². The summed E-state index contributed by atoms with van der Waals surface area (Å²) in [5.41, 5.74) is 0.799. The molecule has 1 aliphatic heterocycles. The number of carbonyl (C=O) groups is 1. The van der Waals surface area contributed by atoms with E-state index in [-0.39, 0.29) is 5.91 Å². The second-order valence-electron chi connectivity index (χ2n) is 4.48. The molecule has 1 aromatic carbocycles. The van der Waals surface area contributed by atoms with Crippen LogP contribution >= 0.6 is 38.5 Å². The van der Waals surface area contributed by atoms with Crippen LogP contribution in [-0.2, 0) is 0 Å². The molecule has 98 valence electrons. The summed E-state index contributed by atoms with van der Waals surface area (Å²) in [6.45, 7) is 1.74. The number of likely N-dealkylation sites (tertiary alicyclic amines) is 1. The third-order valence-corrected chi connectivity index (χ3v) is 4.67. The van der Waals surface area contributed by atoms with E-state index in [2.05, 4.69) is 43.8 Å². The van der Waals surface area contributed by atoms with E-state index in [9.17, 15) is 4.79 Å². The van der Waals surface area contributed by atoms with Gasteiger partial charge in [-0.3, -0.25) is 4.79 Å². The van der Waals surface area contributed by atoms with Gasteiger partial charge in [0.1, 0.15) is 0 Å². The maximum Gasteiger partial charge on any atom is 0.255 e. The number of amides is 1. The highest BCUT2D eigenvalue weighted by molar-refractivity contribution is 14.1. The first-order chi connectivity index (χ1) is 8.63. The fraction of sp³-hybridized carbons (Fsp3) is 0.462. The molecule has 0 aliphatic carbocycles. The van der Waals surface area contributed by atoms with Gasteiger partial charge in [-0.05, 0) is 60.7 Å². The summed E-state index contributed by atoms with van der Waals surface area (Å²) in [4.78, 5) is 14.6. The van der Waals surface area contributed by atoms with E-state index >= 15 is 0 Å². The summed E-state index contributed by atoms with van der Waals surface area (Å²) in [5, 5.41) is 3.17. The molecule has 0 aromatic heterocycles. The zero-order chi connectivity index (χ0) is 13.1. The normalized spacial score (nSPS) is 19.3. The van der Waals surface area contributed by atoms with Crippen molar-refractivity contribution in [3.8, 4) is 0 Å². The lowest BCUT2D eigenvalue weighted by molar-refractivity contribution is 0.0736. The second kappa shape index (κ2) is 6.34. The molecule has 5 heteroatoms. The molecule has 0 radical (unpaired) electrons. The molecule has 1 aliphatic rings. The number of nitrogens with one attached hydrogen (secondary N) is 1. The average molecular weight is 423 g/mol. The van der Waals surface area contributed by atoms with Gasteiger partial charge in [0.2, 0.25) is 0 Å². The molecule has 1 unspecified atom stereocenters. The highest BCUT2D eigenvalue weighted by Crippen LogP contribution is 2.24. The van der Waals surface area contributed by atoms with Crippen molar-refractivity contribution in [2.24, 2.45) is 0 Å². The van der Waals surface area contributed by atoms with Crippen LogP contribution < -0.4 is 5.32 Å². The molecular weight excluding hydrogens is 407 g/mol. The predicted molar refractivity (Wildman–Crippen MR) is 84.8 cm³/mol. The number of carbonyl (C=O) groups excluding carboxylic acids is 1. The Morgan fingerprint density at radius 3 is 3.11 bits per heavy atom. The monoisotopic (exact) mass is 422 g/mol. The van der Waals surface area contributed by atoms with Gasteiger partial charge >= 0.3 is 0 Å². The van der Waals surface area contributed by atoms with Gasteiger partial charge in [-0.2, -0.15) is 0 Å². The lowest BCUT2D eigenvalue weighted by Crippen LogP contribution is -2.41. The Kier molecular flexibility index (Phi) is 5.03. The highest BCUT2D eigenvalue weighted by Gasteiger charge is 2.29. The zero-order valence-corrected chi connectivity index (χ0v) is 14.0. The fourth-order valence-electron chi connectivity index (χ4n) is 2.37. The first kappa shape index (κ1) is 14.3. The number of halogens is 2. The number of nitrogens with zero attached hydrogens (tertiary/aromatic N) is 1. The van der Waals surface area contributed by atoms with Crippen molar-refractivity contribution in [1.29, 1.82) is 0 Å². The number of benzene rings is 1. The minimum atomic E-state index is 0.151. The lowest BCUT2D eigenvalue weighted by atomic mass is 10.1. The van der Waals surface area contributed by atoms with Crippen LogP contribution in [0.3, 0.4) is 0 Å². The molecule has 3 nitrogen and oxygen atoms in total. The van der Waals surface area contributed by atoms with Crippen LogP contribution in [0.15, 0.2) is 22.7 Å². The molecule has 1 amide bonds. The van der Waals surface area contributed by atoms with Gasteiger partial charge in [-0.15, -0.1) is 0 Å². The molecule has 0 bridgehead atoms. The van der Waals surface area contributed by atoms with Gasteiger partial charge in [0.05, 0.1) is 5.56 Å². The minimum absolute atomic E-state index is 0.151. The third kappa shape index (κ3) is 3.05. The maximum absolute atomic E-state index is 12.6. The largest absolute Gasteiger partial charge is 0.334 e. The lowest BCUT2D eigenvalue weighted by Gasteiger charge is -2.25. The first-order valence-corrected chi connectivity index (χ1v) is 7.91. The standard InChI is InChI=1S/C13H16BrIN2O/c1-16-8-10-3-2-6-17(10)13(18)11-7-9(14)4-5-12(11)15/h4-5,7,10,16H,2-3,6,8H2,1H3. The summed E-state index contributed by atoms with van der Waals surface area (Å²) in [6, 6.07) is 6.19. The molecular formula is C13H16BrIN2O. The topological polar surface area (TPSA) is 32.3 Å². The molecule has 1 heterocycles. The summed E-state index contributed by atoms with van der Waals surface area (Å²) in [7, 11) is 1.93. The first-order valence-electron chi connectivity index (χ1n) is 6.04. The van der Waals surface area contributed by atoms with Crippen LogP contribution in [0.5, 0.6) is 0 Å². The van der Waals surface area contributed by atoms with Gasteiger partial charge < -0.3 is 10.2 Å². The minimum Gasteiger partial charge on any atom is -0.334 e. The number of rotatable bonds is 3. The number of likely N-dealkylation sites (N-methyl/N-ethyl adjacent to an activating group) is 1. The van der Waals surface area contributed by atoms with Crippen LogP contribution in [0.4, 0.5) is 0 Å². The molecule has 2 rings (SSSR count). The van der Waals surface area contributed by atoms with E-state index in [1.807, 2.05) is 30.1 Å². The molecule has 1 atom stereocenters. The Bertz CT molecular complexity index is 453. The molecule has 1 N–H and O–H groups in total. The Hall–Kier alpha value is -0.140. The van der Waals surface area contributed by atoms with Gasteiger partial charge in [-0.25, -0.2) is 0 Å². The van der Waals surface area contributed by atoms with Crippen LogP contribution in [0.1, 0.15) is 23.2 Å². The van der Waals surface area contributed by atoms with Crippen LogP contribution in [0.25, 0.3) is 0 Å². The van der Waals surface area contributed by atoms with E-state index in [1.165, 1.54) is 0 Å². The van der Waals surface area contributed by atoms with Crippen molar-refractivity contribution in [2.45, 2.75) is 18.9 Å². The maximum atomic E-state index is 12.6. The van der Waals surface area contributed by atoms with E-state index < -0.39 is 0 Å². The van der Waals surface area contributed by atoms with Crippen molar-refractivity contribution in [2.75, 3.05) is 20.1 Å². The molecule has 1 saturated heterocycles. The molecule has 1 aromatic rings. The van der Waals surface area contributed by atoms with Crippen molar-refractivity contribution in [3.63, 3.8) is 0 Å². The summed E-state index contributed by atoms with van der Waals surface area (Å²) in [5.74, 6) is 0.151. The van der Waals surface area contributed by atoms with Crippen molar-refractivity contribution < 1.29 is 4.79 Å². The van der Waals surface area contributed by atoms with Crippen LogP contribution in [0.2, 0.25) is 0 Å². The van der Waals surface area contributed by atoms with Crippen LogP contribution in [0, 0.1) is 3.57 Å². The summed E-state index contributed by atoms with van der Waals surface area (Å²) in [6.07, 6.45) is 2.19. The molecule has 1 fully saturated rings. The fourth-order valence-corrected chi connectivity index (χ4v) is 3.29. The van der Waals surface area contributed by atoms with Gasteiger partial charge in [0, 0.05) is 27.2 Å². The smallest absolute Gasteiger partial charge is 0.255 e. The highest BCUT2D eigenvalue weighted by atomic mass is 127. The molecule has 0 spiro atoms. The number of hydrogen-bond acceptors (Lipinski definition) is 2. The van der Waals surface area contributed by atoms with Gasteiger partial charge in [0.25, 0.3) is 5.91 Å². The van der Waals surface area contributed by atoms with Gasteiger partial charge in [-0.1, -0.05) is 15.9 Å². The summed E-state index contributed by atoms with van der Waals surface area (Å²) < 4.78 is 1.96. The van der Waals surface area contributed by atoms with Crippen molar-refractivity contribution in [3.05, 3.63) is 31.8 Å². The third-order valence-electron chi connectivity index (χ3n) is 3.24. The Balaban J connectivity index is 2.22. The van der Waals surface area contributed by atoms with Crippen molar-refractivity contribution >= 4 is 44.4 Å². The van der Waals surface area contributed by atoms with Crippen molar-refractivity contribution in [1.82, 2.24) is 10.2 Å². The average Bonchev–Trinajstić information content (AvgIpc) is 2.80. The van der Waals surface area contributed by atoms with E-state index in [1.54, 1.807) is 0 Å². The Morgan fingerprint density at radius 1 is 1.61 bits per heavy atom. The Morgan fingerprint density at radius 2 is 2.39 bits per heavy atom. The van der Waals surface area contributed by atoms with Gasteiger partial charge in [0.15, 0.2) is 0 Å². The van der Waals surface area contributed by atoms with E-state index in [4.69, 9.17) is 0 Å². The predicted octanol–water partition coefficient (Wildman–Crippen LogP) is 2.88. The zero-order valence-electron chi connectivity index (χ0n) is 10.2. The SMILES string of the molecule is CNCC1CCCN1C(=O)c1cc(Br)ccc1I.